The van der Waals surface area contributed by atoms with E-state index in [0.717, 1.165) is 17.7 Å². The van der Waals surface area contributed by atoms with Crippen molar-refractivity contribution in [2.75, 3.05) is 13.2 Å². The summed E-state index contributed by atoms with van der Waals surface area (Å²) in [5.41, 5.74) is 2.34. The zero-order chi connectivity index (χ0) is 15.1. The van der Waals surface area contributed by atoms with E-state index in [0.29, 0.717) is 19.6 Å². The van der Waals surface area contributed by atoms with Crippen molar-refractivity contribution < 1.29 is 9.53 Å². The van der Waals surface area contributed by atoms with E-state index in [1.165, 1.54) is 10.4 Å². The molecule has 3 nitrogen and oxygen atoms in total. The predicted octanol–water partition coefficient (Wildman–Crippen LogP) is 3.49. The van der Waals surface area contributed by atoms with Crippen molar-refractivity contribution in [1.29, 1.82) is 0 Å². The molecule has 0 radical (unpaired) electrons. The molecule has 4 heteroatoms. The van der Waals surface area contributed by atoms with Gasteiger partial charge < -0.3 is 10.1 Å². The normalized spacial score (nSPS) is 10.4. The number of thiophene rings is 1. The van der Waals surface area contributed by atoms with Crippen molar-refractivity contribution in [3.05, 3.63) is 51.7 Å². The first kappa shape index (κ1) is 15.6. The molecule has 2 rings (SSSR count). The third-order valence-electron chi connectivity index (χ3n) is 3.42. The van der Waals surface area contributed by atoms with Crippen LogP contribution in [0.25, 0.3) is 0 Å². The fourth-order valence-electron chi connectivity index (χ4n) is 2.00. The second-order valence-electron chi connectivity index (χ2n) is 4.98. The van der Waals surface area contributed by atoms with Gasteiger partial charge in [0.15, 0.2) is 0 Å². The van der Waals surface area contributed by atoms with E-state index < -0.39 is 0 Å². The average Bonchev–Trinajstić information content (AvgIpc) is 2.97. The molecule has 0 spiro atoms. The Morgan fingerprint density at radius 1 is 1.24 bits per heavy atom. The molecule has 1 N–H and O–H groups in total. The first-order valence-electron chi connectivity index (χ1n) is 7.15. The van der Waals surface area contributed by atoms with Gasteiger partial charge in [-0.05, 0) is 48.9 Å². The lowest BCUT2D eigenvalue weighted by molar-refractivity contribution is -0.121. The molecular formula is C17H21NO2S. The van der Waals surface area contributed by atoms with Gasteiger partial charge in [0.2, 0.25) is 5.91 Å². The number of hydrogen-bond acceptors (Lipinski definition) is 3. The van der Waals surface area contributed by atoms with Crippen LogP contribution in [0.5, 0.6) is 5.75 Å². The summed E-state index contributed by atoms with van der Waals surface area (Å²) in [7, 11) is 0. The number of carbonyl (C=O) groups is 1. The Hall–Kier alpha value is -1.81. The standard InChI is InChI=1S/C17H21NO2S/c1-13-5-3-7-16(14(13)2)20-11-9-17(19)18-10-8-15-6-4-12-21-15/h3-7,12H,8-11H2,1-2H3,(H,18,19). The number of aryl methyl sites for hydroxylation is 1. The maximum absolute atomic E-state index is 11.7. The van der Waals surface area contributed by atoms with Crippen LogP contribution in [0.15, 0.2) is 35.7 Å². The molecule has 112 valence electrons. The smallest absolute Gasteiger partial charge is 0.223 e. The molecule has 0 saturated carbocycles. The topological polar surface area (TPSA) is 38.3 Å². The monoisotopic (exact) mass is 303 g/mol. The lowest BCUT2D eigenvalue weighted by Crippen LogP contribution is -2.26. The molecule has 1 amide bonds. The SMILES string of the molecule is Cc1cccc(OCCC(=O)NCCc2cccs2)c1C. The highest BCUT2D eigenvalue weighted by molar-refractivity contribution is 7.09. The molecule has 0 fully saturated rings. The highest BCUT2D eigenvalue weighted by atomic mass is 32.1. The molecule has 2 aromatic rings. The van der Waals surface area contributed by atoms with Gasteiger partial charge in [0.25, 0.3) is 0 Å². The minimum absolute atomic E-state index is 0.0388. The molecule has 1 aromatic heterocycles. The van der Waals surface area contributed by atoms with E-state index in [-0.39, 0.29) is 5.91 Å². The minimum Gasteiger partial charge on any atom is -0.493 e. The van der Waals surface area contributed by atoms with Crippen LogP contribution in [0, 0.1) is 13.8 Å². The van der Waals surface area contributed by atoms with Crippen molar-refractivity contribution >= 4 is 17.2 Å². The molecule has 1 aromatic carbocycles. The zero-order valence-electron chi connectivity index (χ0n) is 12.5. The van der Waals surface area contributed by atoms with Crippen LogP contribution in [0.3, 0.4) is 0 Å². The summed E-state index contributed by atoms with van der Waals surface area (Å²) in [5.74, 6) is 0.901. The van der Waals surface area contributed by atoms with Gasteiger partial charge in [-0.1, -0.05) is 18.2 Å². The van der Waals surface area contributed by atoms with E-state index >= 15 is 0 Å². The second-order valence-corrected chi connectivity index (χ2v) is 6.01. The number of nitrogens with one attached hydrogen (secondary N) is 1. The molecule has 0 aliphatic carbocycles. The molecule has 0 bridgehead atoms. The highest BCUT2D eigenvalue weighted by Crippen LogP contribution is 2.20. The number of ether oxygens (including phenoxy) is 1. The van der Waals surface area contributed by atoms with Gasteiger partial charge in [0.1, 0.15) is 5.75 Å². The van der Waals surface area contributed by atoms with Gasteiger partial charge in [-0.15, -0.1) is 11.3 Å². The van der Waals surface area contributed by atoms with Crippen molar-refractivity contribution in [2.45, 2.75) is 26.7 Å². The van der Waals surface area contributed by atoms with Crippen LogP contribution in [0.4, 0.5) is 0 Å². The Kier molecular flexibility index (Phi) is 5.81. The number of carbonyl (C=O) groups excluding carboxylic acids is 1. The van der Waals surface area contributed by atoms with Crippen LogP contribution in [0.1, 0.15) is 22.4 Å². The van der Waals surface area contributed by atoms with E-state index in [1.807, 2.05) is 25.1 Å². The highest BCUT2D eigenvalue weighted by Gasteiger charge is 2.04. The van der Waals surface area contributed by atoms with Crippen LogP contribution in [-0.2, 0) is 11.2 Å². The van der Waals surface area contributed by atoms with Gasteiger partial charge >= 0.3 is 0 Å². The first-order chi connectivity index (χ1) is 10.2. The lowest BCUT2D eigenvalue weighted by atomic mass is 10.1. The molecule has 0 saturated heterocycles. The number of hydrogen-bond donors (Lipinski definition) is 1. The molecule has 0 aliphatic heterocycles. The third kappa shape index (κ3) is 4.90. The largest absolute Gasteiger partial charge is 0.493 e. The molecule has 1 heterocycles. The summed E-state index contributed by atoms with van der Waals surface area (Å²) in [6, 6.07) is 10.1. The van der Waals surface area contributed by atoms with E-state index in [9.17, 15) is 4.79 Å². The number of benzene rings is 1. The predicted molar refractivity (Wildman–Crippen MR) is 87.1 cm³/mol. The summed E-state index contributed by atoms with van der Waals surface area (Å²) in [4.78, 5) is 13.0. The Balaban J connectivity index is 1.66. The van der Waals surface area contributed by atoms with Crippen LogP contribution in [-0.4, -0.2) is 19.1 Å². The first-order valence-corrected chi connectivity index (χ1v) is 8.03. The maximum Gasteiger partial charge on any atom is 0.223 e. The molecular weight excluding hydrogens is 282 g/mol. The summed E-state index contributed by atoms with van der Waals surface area (Å²) in [5, 5.41) is 4.97. The Bertz CT molecular complexity index is 578. The fraction of sp³-hybridized carbons (Fsp3) is 0.353. The zero-order valence-corrected chi connectivity index (χ0v) is 13.3. The van der Waals surface area contributed by atoms with Crippen molar-refractivity contribution in [3.63, 3.8) is 0 Å². The van der Waals surface area contributed by atoms with Gasteiger partial charge in [0, 0.05) is 11.4 Å². The lowest BCUT2D eigenvalue weighted by Gasteiger charge is -2.10. The van der Waals surface area contributed by atoms with E-state index in [1.54, 1.807) is 11.3 Å². The molecule has 0 aliphatic rings. The number of rotatable bonds is 7. The minimum atomic E-state index is 0.0388. The molecule has 21 heavy (non-hydrogen) atoms. The van der Waals surface area contributed by atoms with Gasteiger partial charge in [-0.2, -0.15) is 0 Å². The maximum atomic E-state index is 11.7. The van der Waals surface area contributed by atoms with Crippen molar-refractivity contribution in [2.24, 2.45) is 0 Å². The second kappa shape index (κ2) is 7.84. The van der Waals surface area contributed by atoms with Crippen LogP contribution < -0.4 is 10.1 Å². The quantitative estimate of drug-likeness (QED) is 0.850. The average molecular weight is 303 g/mol. The molecule has 0 atom stereocenters. The Labute approximate surface area is 130 Å². The summed E-state index contributed by atoms with van der Waals surface area (Å²) >= 11 is 1.72. The van der Waals surface area contributed by atoms with Gasteiger partial charge in [-0.3, -0.25) is 4.79 Å². The van der Waals surface area contributed by atoms with Crippen LogP contribution in [0.2, 0.25) is 0 Å². The van der Waals surface area contributed by atoms with Crippen LogP contribution >= 0.6 is 11.3 Å². The fourth-order valence-corrected chi connectivity index (χ4v) is 2.71. The Morgan fingerprint density at radius 2 is 2.10 bits per heavy atom. The Morgan fingerprint density at radius 3 is 2.86 bits per heavy atom. The third-order valence-corrected chi connectivity index (χ3v) is 4.35. The van der Waals surface area contributed by atoms with E-state index in [4.69, 9.17) is 4.74 Å². The van der Waals surface area contributed by atoms with Gasteiger partial charge in [0.05, 0.1) is 13.0 Å². The van der Waals surface area contributed by atoms with Gasteiger partial charge in [-0.25, -0.2) is 0 Å². The summed E-state index contributed by atoms with van der Waals surface area (Å²) in [6.45, 7) is 5.18. The number of amides is 1. The summed E-state index contributed by atoms with van der Waals surface area (Å²) in [6.07, 6.45) is 1.28. The molecule has 0 unspecified atom stereocenters. The summed E-state index contributed by atoms with van der Waals surface area (Å²) < 4.78 is 5.68. The van der Waals surface area contributed by atoms with Crippen molar-refractivity contribution in [3.8, 4) is 5.75 Å². The van der Waals surface area contributed by atoms with Crippen molar-refractivity contribution in [1.82, 2.24) is 5.32 Å². The van der Waals surface area contributed by atoms with E-state index in [2.05, 4.69) is 29.8 Å².